The fourth-order valence-electron chi connectivity index (χ4n) is 1.87. The van der Waals surface area contributed by atoms with Gasteiger partial charge in [-0.15, -0.1) is 0 Å². The van der Waals surface area contributed by atoms with Gasteiger partial charge in [0.1, 0.15) is 0 Å². The second-order valence-electron chi connectivity index (χ2n) is 5.06. The number of nitrogens with one attached hydrogen (secondary N) is 2. The number of hydrogen-bond acceptors (Lipinski definition) is 3. The van der Waals surface area contributed by atoms with E-state index in [1.807, 2.05) is 5.32 Å². The van der Waals surface area contributed by atoms with E-state index in [4.69, 9.17) is 16.6 Å². The Hall–Kier alpha value is -2.56. The standard InChI is InChI=1S/C15H10F6N2O2S/c16-14(17,18)9-3-10(15(19,20)21)5-11(4-9)23-12(24)13(26)22-6-8-1-2-25-7-8/h1-5,7H,6H2,(H,22,26)(H,23,24). The Bertz CT molecular complexity index is 767. The molecule has 0 saturated carbocycles. The van der Waals surface area contributed by atoms with Crippen LogP contribution in [0, 0.1) is 0 Å². The van der Waals surface area contributed by atoms with Crippen LogP contribution in [0.3, 0.4) is 0 Å². The van der Waals surface area contributed by atoms with Gasteiger partial charge in [-0.25, -0.2) is 0 Å². The first-order valence-corrected chi connectivity index (χ1v) is 7.27. The number of carbonyl (C=O) groups excluding carboxylic acids is 1. The summed E-state index contributed by atoms with van der Waals surface area (Å²) < 4.78 is 81.5. The summed E-state index contributed by atoms with van der Waals surface area (Å²) in [6.45, 7) is 0.0964. The lowest BCUT2D eigenvalue weighted by atomic mass is 10.1. The molecule has 0 atom stereocenters. The molecule has 2 rings (SSSR count). The number of amides is 1. The second-order valence-corrected chi connectivity index (χ2v) is 5.47. The summed E-state index contributed by atoms with van der Waals surface area (Å²) >= 11 is 4.76. The van der Waals surface area contributed by atoms with E-state index >= 15 is 0 Å². The van der Waals surface area contributed by atoms with Gasteiger partial charge < -0.3 is 15.1 Å². The van der Waals surface area contributed by atoms with Crippen molar-refractivity contribution < 1.29 is 35.6 Å². The smallest absolute Gasteiger partial charge is 0.416 e. The van der Waals surface area contributed by atoms with Crippen molar-refractivity contribution >= 4 is 28.8 Å². The zero-order valence-electron chi connectivity index (χ0n) is 12.7. The molecule has 1 amide bonds. The molecule has 2 aromatic rings. The van der Waals surface area contributed by atoms with Gasteiger partial charge >= 0.3 is 12.4 Å². The molecule has 1 aromatic heterocycles. The second kappa shape index (κ2) is 7.36. The Morgan fingerprint density at radius 2 is 1.62 bits per heavy atom. The predicted molar refractivity (Wildman–Crippen MR) is 83.2 cm³/mol. The van der Waals surface area contributed by atoms with Gasteiger partial charge in [0.15, 0.2) is 4.99 Å². The molecule has 4 nitrogen and oxygen atoms in total. The Kier molecular flexibility index (Phi) is 5.59. The number of carbonyl (C=O) groups is 1. The molecular weight excluding hydrogens is 386 g/mol. The average molecular weight is 396 g/mol. The van der Waals surface area contributed by atoms with Crippen LogP contribution in [0.15, 0.2) is 41.2 Å². The van der Waals surface area contributed by atoms with Crippen molar-refractivity contribution in [2.75, 3.05) is 5.32 Å². The van der Waals surface area contributed by atoms with Gasteiger partial charge in [-0.1, -0.05) is 12.2 Å². The molecule has 0 spiro atoms. The highest BCUT2D eigenvalue weighted by molar-refractivity contribution is 7.82. The summed E-state index contributed by atoms with van der Waals surface area (Å²) in [4.78, 5) is 11.5. The summed E-state index contributed by atoms with van der Waals surface area (Å²) in [7, 11) is 0. The molecule has 0 saturated heterocycles. The predicted octanol–water partition coefficient (Wildman–Crippen LogP) is 4.37. The van der Waals surface area contributed by atoms with Crippen LogP contribution in [0.4, 0.5) is 32.0 Å². The van der Waals surface area contributed by atoms with E-state index in [1.54, 1.807) is 6.07 Å². The summed E-state index contributed by atoms with van der Waals surface area (Å²) in [6, 6.07) is 2.33. The van der Waals surface area contributed by atoms with Crippen molar-refractivity contribution in [3.63, 3.8) is 0 Å². The van der Waals surface area contributed by atoms with Crippen molar-refractivity contribution in [3.8, 4) is 0 Å². The van der Waals surface area contributed by atoms with Gasteiger partial charge in [-0.05, 0) is 24.3 Å². The first kappa shape index (κ1) is 19.8. The van der Waals surface area contributed by atoms with Crippen LogP contribution in [0.25, 0.3) is 0 Å². The number of alkyl halides is 6. The molecule has 0 aliphatic carbocycles. The maximum atomic E-state index is 12.8. The number of benzene rings is 1. The molecule has 0 aliphatic rings. The van der Waals surface area contributed by atoms with Crippen LogP contribution in [0.2, 0.25) is 0 Å². The van der Waals surface area contributed by atoms with Crippen LogP contribution < -0.4 is 10.6 Å². The molecule has 0 fully saturated rings. The Morgan fingerprint density at radius 3 is 2.08 bits per heavy atom. The van der Waals surface area contributed by atoms with E-state index in [-0.39, 0.29) is 12.6 Å². The van der Waals surface area contributed by atoms with Crippen molar-refractivity contribution in [1.29, 1.82) is 0 Å². The molecular formula is C15H10F6N2O2S. The van der Waals surface area contributed by atoms with Gasteiger partial charge in [0.25, 0.3) is 5.91 Å². The first-order chi connectivity index (χ1) is 12.0. The minimum Gasteiger partial charge on any atom is -0.472 e. The maximum absolute atomic E-state index is 12.8. The molecule has 0 radical (unpaired) electrons. The molecule has 0 unspecified atom stereocenters. The Balaban J connectivity index is 2.16. The zero-order chi connectivity index (χ0) is 19.5. The fourth-order valence-corrected chi connectivity index (χ4v) is 1.99. The third-order valence-corrected chi connectivity index (χ3v) is 3.41. The highest BCUT2D eigenvalue weighted by Crippen LogP contribution is 2.37. The number of hydrogen-bond donors (Lipinski definition) is 2. The van der Waals surface area contributed by atoms with E-state index in [9.17, 15) is 31.1 Å². The lowest BCUT2D eigenvalue weighted by Gasteiger charge is -2.15. The molecule has 2 N–H and O–H groups in total. The minimum absolute atomic E-state index is 0.0366. The normalized spacial score (nSPS) is 11.9. The van der Waals surface area contributed by atoms with Crippen LogP contribution in [-0.2, 0) is 23.7 Å². The molecule has 26 heavy (non-hydrogen) atoms. The summed E-state index contributed by atoms with van der Waals surface area (Å²) in [5.74, 6) is -1.05. The number of furan rings is 1. The van der Waals surface area contributed by atoms with Gasteiger partial charge in [0, 0.05) is 17.8 Å². The lowest BCUT2D eigenvalue weighted by molar-refractivity contribution is -0.143. The monoisotopic (exact) mass is 396 g/mol. The van der Waals surface area contributed by atoms with E-state index < -0.39 is 40.1 Å². The molecule has 0 bridgehead atoms. The van der Waals surface area contributed by atoms with Crippen LogP contribution in [0.5, 0.6) is 0 Å². The average Bonchev–Trinajstić information content (AvgIpc) is 3.04. The van der Waals surface area contributed by atoms with Crippen molar-refractivity contribution in [2.45, 2.75) is 18.9 Å². The maximum Gasteiger partial charge on any atom is 0.416 e. The highest BCUT2D eigenvalue weighted by Gasteiger charge is 2.37. The highest BCUT2D eigenvalue weighted by atomic mass is 32.1. The zero-order valence-corrected chi connectivity index (χ0v) is 13.5. The van der Waals surface area contributed by atoms with Crippen LogP contribution >= 0.6 is 12.2 Å². The van der Waals surface area contributed by atoms with E-state index in [1.165, 1.54) is 12.5 Å². The van der Waals surface area contributed by atoms with Crippen LogP contribution in [-0.4, -0.2) is 10.9 Å². The summed E-state index contributed by atoms with van der Waals surface area (Å²) in [5, 5.41) is 4.44. The Morgan fingerprint density at radius 1 is 1.04 bits per heavy atom. The molecule has 140 valence electrons. The molecule has 11 heteroatoms. The largest absolute Gasteiger partial charge is 0.472 e. The van der Waals surface area contributed by atoms with E-state index in [0.29, 0.717) is 17.7 Å². The quantitative estimate of drug-likeness (QED) is 0.598. The Labute approximate surface area is 148 Å². The third-order valence-electron chi connectivity index (χ3n) is 3.08. The fraction of sp³-hybridized carbons (Fsp3) is 0.200. The van der Waals surface area contributed by atoms with Gasteiger partial charge in [-0.3, -0.25) is 4.79 Å². The van der Waals surface area contributed by atoms with Crippen molar-refractivity contribution in [2.24, 2.45) is 0 Å². The van der Waals surface area contributed by atoms with Gasteiger partial charge in [0.05, 0.1) is 23.7 Å². The lowest BCUT2D eigenvalue weighted by Crippen LogP contribution is -2.33. The van der Waals surface area contributed by atoms with Crippen molar-refractivity contribution in [3.05, 3.63) is 53.5 Å². The summed E-state index contributed by atoms with van der Waals surface area (Å²) in [6.07, 6.45) is -7.28. The van der Waals surface area contributed by atoms with Crippen LogP contribution in [0.1, 0.15) is 16.7 Å². The molecule has 1 aromatic carbocycles. The number of halogens is 6. The third kappa shape index (κ3) is 5.22. The molecule has 1 heterocycles. The summed E-state index contributed by atoms with van der Waals surface area (Å²) in [5.41, 5.74) is -3.12. The SMILES string of the molecule is O=C(Nc1cc(C(F)(F)F)cc(C(F)(F)F)c1)C(=S)NCc1ccoc1. The van der Waals surface area contributed by atoms with Crippen molar-refractivity contribution in [1.82, 2.24) is 5.32 Å². The first-order valence-electron chi connectivity index (χ1n) is 6.86. The van der Waals surface area contributed by atoms with Gasteiger partial charge in [0.2, 0.25) is 0 Å². The van der Waals surface area contributed by atoms with E-state index in [0.717, 1.165) is 0 Å². The minimum atomic E-state index is -5.01. The molecule has 0 aliphatic heterocycles. The number of rotatable bonds is 3. The topological polar surface area (TPSA) is 54.3 Å². The van der Waals surface area contributed by atoms with E-state index in [2.05, 4.69) is 5.32 Å². The van der Waals surface area contributed by atoms with Gasteiger partial charge in [-0.2, -0.15) is 26.3 Å². The number of thiocarbonyl (C=S) groups is 1. The number of anilines is 1.